The van der Waals surface area contributed by atoms with Gasteiger partial charge in [0.25, 0.3) is 0 Å². The van der Waals surface area contributed by atoms with Crippen molar-refractivity contribution >= 4 is 17.5 Å². The lowest BCUT2D eigenvalue weighted by Crippen LogP contribution is -2.30. The highest BCUT2D eigenvalue weighted by molar-refractivity contribution is 6.32. The highest BCUT2D eigenvalue weighted by atomic mass is 35.5. The molecule has 0 aromatic heterocycles. The van der Waals surface area contributed by atoms with Gasteiger partial charge in [-0.15, -0.1) is 0 Å². The number of carbonyl (C=O) groups excluding carboxylic acids is 1. The van der Waals surface area contributed by atoms with Crippen LogP contribution in [0.15, 0.2) is 78.9 Å². The van der Waals surface area contributed by atoms with Crippen LogP contribution in [0.4, 0.5) is 4.39 Å². The maximum atomic E-state index is 14.6. The first-order valence-corrected chi connectivity index (χ1v) is 13.7. The van der Waals surface area contributed by atoms with Gasteiger partial charge in [-0.05, 0) is 29.8 Å². The van der Waals surface area contributed by atoms with Gasteiger partial charge in [-0.2, -0.15) is 5.26 Å². The number of para-hydroxylation sites is 1. The van der Waals surface area contributed by atoms with Crippen molar-refractivity contribution in [2.24, 2.45) is 0 Å². The van der Waals surface area contributed by atoms with Crippen molar-refractivity contribution in [3.8, 4) is 34.4 Å². The number of nitrogens with one attached hydrogen (secondary N) is 2. The topological polar surface area (TPSA) is 92.6 Å². The Labute approximate surface area is 249 Å². The number of rotatable bonds is 13. The fraction of sp³-hybridized carbons (Fsp3) is 0.212. The van der Waals surface area contributed by atoms with Crippen LogP contribution in [0.5, 0.6) is 17.2 Å². The van der Waals surface area contributed by atoms with Gasteiger partial charge in [0.2, 0.25) is 5.91 Å². The monoisotopic (exact) mass is 587 g/mol. The standard InChI is InChI=1S/C33H31ClFN3O4/c1-22(39)38-14-13-37-19-26-16-29(34)32(17-31(26)41-20-24-8-5-7-23(15-24)18-36)42-21-25-9-6-11-28(33(25)40-2)27-10-3-4-12-30(27)35/h3-12,15-17,37H,13-14,19-21H2,1-2H3,(H,38,39). The van der Waals surface area contributed by atoms with Crippen molar-refractivity contribution in [2.75, 3.05) is 20.2 Å². The maximum Gasteiger partial charge on any atom is 0.216 e. The SMILES string of the molecule is COc1c(COc2cc(OCc3cccc(C#N)c3)c(CNCCNC(C)=O)cc2Cl)cccc1-c1ccccc1F. The zero-order valence-electron chi connectivity index (χ0n) is 23.4. The van der Waals surface area contributed by atoms with Crippen molar-refractivity contribution < 1.29 is 23.4 Å². The van der Waals surface area contributed by atoms with Crippen LogP contribution in [0, 0.1) is 17.1 Å². The van der Waals surface area contributed by atoms with E-state index in [-0.39, 0.29) is 24.9 Å². The Hall–Kier alpha value is -4.58. The van der Waals surface area contributed by atoms with Crippen LogP contribution in [0.1, 0.15) is 29.2 Å². The predicted octanol–water partition coefficient (Wildman–Crippen LogP) is 6.41. The molecule has 0 atom stereocenters. The summed E-state index contributed by atoms with van der Waals surface area (Å²) in [5, 5.41) is 15.6. The van der Waals surface area contributed by atoms with Gasteiger partial charge >= 0.3 is 0 Å². The lowest BCUT2D eigenvalue weighted by atomic mass is 10.0. The van der Waals surface area contributed by atoms with Crippen molar-refractivity contribution in [1.82, 2.24) is 10.6 Å². The molecule has 0 spiro atoms. The van der Waals surface area contributed by atoms with Crippen molar-refractivity contribution in [3.05, 3.63) is 112 Å². The lowest BCUT2D eigenvalue weighted by Gasteiger charge is -2.18. The zero-order chi connectivity index (χ0) is 29.9. The van der Waals surface area contributed by atoms with Crippen LogP contribution < -0.4 is 24.8 Å². The summed E-state index contributed by atoms with van der Waals surface area (Å²) in [6, 6.07) is 24.8. The Balaban J connectivity index is 1.56. The molecule has 0 saturated carbocycles. The van der Waals surface area contributed by atoms with Gasteiger partial charge in [0.1, 0.15) is 36.3 Å². The number of hydrogen-bond donors (Lipinski definition) is 2. The third kappa shape index (κ3) is 8.00. The summed E-state index contributed by atoms with van der Waals surface area (Å²) in [5.41, 5.74) is 3.95. The lowest BCUT2D eigenvalue weighted by molar-refractivity contribution is -0.118. The number of nitriles is 1. The van der Waals surface area contributed by atoms with Gasteiger partial charge in [0, 0.05) is 54.9 Å². The summed E-state index contributed by atoms with van der Waals surface area (Å²) in [6.45, 7) is 3.28. The normalized spacial score (nSPS) is 10.5. The molecule has 0 aliphatic rings. The smallest absolute Gasteiger partial charge is 0.216 e. The maximum absolute atomic E-state index is 14.6. The first kappa shape index (κ1) is 30.4. The van der Waals surface area contributed by atoms with Gasteiger partial charge < -0.3 is 24.8 Å². The van der Waals surface area contributed by atoms with E-state index in [1.807, 2.05) is 18.2 Å². The summed E-state index contributed by atoms with van der Waals surface area (Å²) in [5.74, 6) is 1.02. The molecule has 0 fully saturated rings. The number of carbonyl (C=O) groups is 1. The molecule has 2 N–H and O–H groups in total. The second kappa shape index (κ2) is 14.9. The fourth-order valence-corrected chi connectivity index (χ4v) is 4.63. The molecule has 9 heteroatoms. The van der Waals surface area contributed by atoms with Crippen LogP contribution in [0.3, 0.4) is 0 Å². The molecule has 0 aliphatic carbocycles. The van der Waals surface area contributed by atoms with Gasteiger partial charge in [-0.1, -0.05) is 60.1 Å². The molecule has 0 aliphatic heterocycles. The average Bonchev–Trinajstić information content (AvgIpc) is 2.99. The molecule has 0 bridgehead atoms. The minimum atomic E-state index is -0.347. The van der Waals surface area contributed by atoms with E-state index in [9.17, 15) is 14.4 Å². The molecule has 4 rings (SSSR count). The van der Waals surface area contributed by atoms with Crippen LogP contribution in [0.2, 0.25) is 5.02 Å². The Kier molecular flexibility index (Phi) is 10.8. The van der Waals surface area contributed by atoms with E-state index >= 15 is 0 Å². The van der Waals surface area contributed by atoms with Crippen LogP contribution in [-0.2, 0) is 24.6 Å². The largest absolute Gasteiger partial charge is 0.496 e. The summed E-state index contributed by atoms with van der Waals surface area (Å²) in [4.78, 5) is 11.2. The van der Waals surface area contributed by atoms with Crippen LogP contribution in [-0.4, -0.2) is 26.1 Å². The minimum Gasteiger partial charge on any atom is -0.496 e. The molecular formula is C33H31ClFN3O4. The van der Waals surface area contributed by atoms with E-state index in [2.05, 4.69) is 16.7 Å². The zero-order valence-corrected chi connectivity index (χ0v) is 24.1. The van der Waals surface area contributed by atoms with Crippen molar-refractivity contribution in [2.45, 2.75) is 26.7 Å². The molecule has 1 amide bonds. The highest BCUT2D eigenvalue weighted by Crippen LogP contribution is 2.37. The number of hydrogen-bond acceptors (Lipinski definition) is 6. The molecule has 0 unspecified atom stereocenters. The summed E-state index contributed by atoms with van der Waals surface area (Å²) in [7, 11) is 1.54. The van der Waals surface area contributed by atoms with E-state index in [0.717, 1.165) is 11.1 Å². The Morgan fingerprint density at radius 1 is 0.905 bits per heavy atom. The molecule has 4 aromatic rings. The first-order valence-electron chi connectivity index (χ1n) is 13.3. The molecular weight excluding hydrogens is 557 g/mol. The van der Waals surface area contributed by atoms with Gasteiger partial charge in [-0.25, -0.2) is 4.39 Å². The van der Waals surface area contributed by atoms with Gasteiger partial charge in [0.15, 0.2) is 0 Å². The second-order valence-corrected chi connectivity index (χ2v) is 9.82. The Morgan fingerprint density at radius 2 is 1.67 bits per heavy atom. The fourth-order valence-electron chi connectivity index (χ4n) is 4.39. The number of nitrogens with zero attached hydrogens (tertiary/aromatic N) is 1. The second-order valence-electron chi connectivity index (χ2n) is 9.42. The van der Waals surface area contributed by atoms with E-state index in [4.69, 9.17) is 25.8 Å². The molecule has 4 aromatic carbocycles. The molecule has 7 nitrogen and oxygen atoms in total. The molecule has 0 heterocycles. The number of benzene rings is 4. The number of methoxy groups -OCH3 is 1. The van der Waals surface area contributed by atoms with Crippen LogP contribution >= 0.6 is 11.6 Å². The molecule has 0 radical (unpaired) electrons. The highest BCUT2D eigenvalue weighted by Gasteiger charge is 2.16. The Morgan fingerprint density at radius 3 is 2.43 bits per heavy atom. The third-order valence-electron chi connectivity index (χ3n) is 6.40. The van der Waals surface area contributed by atoms with Gasteiger partial charge in [0.05, 0.1) is 23.8 Å². The quantitative estimate of drug-likeness (QED) is 0.176. The third-order valence-corrected chi connectivity index (χ3v) is 6.70. The summed E-state index contributed by atoms with van der Waals surface area (Å²) >= 11 is 6.65. The summed E-state index contributed by atoms with van der Waals surface area (Å²) < 4.78 is 32.5. The molecule has 216 valence electrons. The number of halogens is 2. The number of amides is 1. The number of ether oxygens (including phenoxy) is 3. The van der Waals surface area contributed by atoms with E-state index in [1.54, 1.807) is 54.6 Å². The molecule has 0 saturated heterocycles. The van der Waals surface area contributed by atoms with Gasteiger partial charge in [-0.3, -0.25) is 4.79 Å². The van der Waals surface area contributed by atoms with Crippen LogP contribution in [0.25, 0.3) is 11.1 Å². The van der Waals surface area contributed by atoms with E-state index in [0.29, 0.717) is 64.2 Å². The first-order chi connectivity index (χ1) is 20.4. The van der Waals surface area contributed by atoms with E-state index < -0.39 is 0 Å². The van der Waals surface area contributed by atoms with Crippen molar-refractivity contribution in [3.63, 3.8) is 0 Å². The van der Waals surface area contributed by atoms with Crippen molar-refractivity contribution in [1.29, 1.82) is 5.26 Å². The Bertz CT molecular complexity index is 1590. The average molecular weight is 588 g/mol. The minimum absolute atomic E-state index is 0.0963. The van der Waals surface area contributed by atoms with E-state index in [1.165, 1.54) is 20.1 Å². The summed E-state index contributed by atoms with van der Waals surface area (Å²) in [6.07, 6.45) is 0. The molecule has 42 heavy (non-hydrogen) atoms. The predicted molar refractivity (Wildman–Crippen MR) is 160 cm³/mol.